The summed E-state index contributed by atoms with van der Waals surface area (Å²) < 4.78 is 2.39. The van der Waals surface area contributed by atoms with E-state index < -0.39 is 0 Å². The summed E-state index contributed by atoms with van der Waals surface area (Å²) in [4.78, 5) is 4.70. The molecular weight excluding hydrogens is 298 g/mol. The number of benzene rings is 1. The number of aromatic hydroxyl groups is 1. The molecule has 2 heterocycles. The monoisotopic (exact) mass is 321 g/mol. The van der Waals surface area contributed by atoms with Crippen LogP contribution in [0.5, 0.6) is 5.75 Å². The predicted molar refractivity (Wildman–Crippen MR) is 97.5 cm³/mol. The van der Waals surface area contributed by atoms with Crippen LogP contribution in [0.3, 0.4) is 0 Å². The van der Waals surface area contributed by atoms with Gasteiger partial charge in [-0.1, -0.05) is 18.6 Å². The lowest BCUT2D eigenvalue weighted by molar-refractivity contribution is 0.277. The van der Waals surface area contributed by atoms with Crippen molar-refractivity contribution < 1.29 is 5.11 Å². The van der Waals surface area contributed by atoms with Gasteiger partial charge in [-0.15, -0.1) is 0 Å². The van der Waals surface area contributed by atoms with Crippen LogP contribution in [0.25, 0.3) is 11.0 Å². The molecule has 3 aromatic rings. The van der Waals surface area contributed by atoms with Crippen molar-refractivity contribution in [1.82, 2.24) is 9.55 Å². The molecular formula is C20H23N3O. The molecule has 4 heteroatoms. The maximum atomic E-state index is 9.49. The number of anilines is 1. The molecule has 1 aliphatic rings. The second-order valence-corrected chi connectivity index (χ2v) is 6.77. The Kier molecular flexibility index (Phi) is 3.89. The fourth-order valence-corrected chi connectivity index (χ4v) is 3.44. The number of nitrogens with zero attached hydrogens (tertiary/aromatic N) is 2. The molecule has 0 amide bonds. The first kappa shape index (κ1) is 15.1. The second-order valence-electron chi connectivity index (χ2n) is 6.77. The van der Waals surface area contributed by atoms with Gasteiger partial charge in [0.2, 0.25) is 0 Å². The Balaban J connectivity index is 1.73. The van der Waals surface area contributed by atoms with E-state index in [1.54, 1.807) is 12.1 Å². The predicted octanol–water partition coefficient (Wildman–Crippen LogP) is 4.17. The van der Waals surface area contributed by atoms with Crippen molar-refractivity contribution in [3.8, 4) is 5.75 Å². The van der Waals surface area contributed by atoms with Gasteiger partial charge < -0.3 is 15.0 Å². The fourth-order valence-electron chi connectivity index (χ4n) is 3.44. The van der Waals surface area contributed by atoms with Crippen LogP contribution in [0, 0.1) is 5.92 Å². The van der Waals surface area contributed by atoms with Gasteiger partial charge in [-0.25, -0.2) is 4.98 Å². The zero-order chi connectivity index (χ0) is 16.5. The summed E-state index contributed by atoms with van der Waals surface area (Å²) in [7, 11) is 1.92. The van der Waals surface area contributed by atoms with Crippen molar-refractivity contribution in [2.45, 2.75) is 32.2 Å². The van der Waals surface area contributed by atoms with Crippen LogP contribution in [0.2, 0.25) is 0 Å². The highest BCUT2D eigenvalue weighted by molar-refractivity contribution is 5.81. The Morgan fingerprint density at radius 2 is 2.00 bits per heavy atom. The lowest BCUT2D eigenvalue weighted by atomic mass is 9.85. The van der Waals surface area contributed by atoms with Gasteiger partial charge in [0.15, 0.2) is 0 Å². The molecule has 0 bridgehead atoms. The number of rotatable bonds is 5. The molecule has 0 aliphatic heterocycles. The summed E-state index contributed by atoms with van der Waals surface area (Å²) >= 11 is 0. The molecule has 0 radical (unpaired) electrons. The number of nitrogens with one attached hydrogen (secondary N) is 1. The van der Waals surface area contributed by atoms with E-state index in [0.717, 1.165) is 30.2 Å². The minimum atomic E-state index is 0.314. The molecule has 1 fully saturated rings. The first-order valence-corrected chi connectivity index (χ1v) is 8.67. The molecule has 24 heavy (non-hydrogen) atoms. The van der Waals surface area contributed by atoms with Crippen molar-refractivity contribution in [1.29, 1.82) is 0 Å². The molecule has 2 aromatic heterocycles. The lowest BCUT2D eigenvalue weighted by Gasteiger charge is -2.27. The van der Waals surface area contributed by atoms with Gasteiger partial charge in [0.1, 0.15) is 11.4 Å². The minimum absolute atomic E-state index is 0.314. The van der Waals surface area contributed by atoms with Crippen LogP contribution in [0.4, 0.5) is 5.69 Å². The smallest absolute Gasteiger partial charge is 0.140 e. The van der Waals surface area contributed by atoms with E-state index in [0.29, 0.717) is 5.75 Å². The van der Waals surface area contributed by atoms with Gasteiger partial charge in [-0.05, 0) is 48.6 Å². The van der Waals surface area contributed by atoms with E-state index in [9.17, 15) is 5.11 Å². The molecule has 0 unspecified atom stereocenters. The van der Waals surface area contributed by atoms with Crippen LogP contribution in [-0.2, 0) is 13.0 Å². The van der Waals surface area contributed by atoms with Crippen molar-refractivity contribution in [2.75, 3.05) is 12.4 Å². The number of phenolic OH excluding ortho intramolecular Hbond substituents is 1. The summed E-state index contributed by atoms with van der Waals surface area (Å²) in [5.41, 5.74) is 4.62. The molecule has 2 N–H and O–H groups in total. The van der Waals surface area contributed by atoms with Crippen molar-refractivity contribution in [3.05, 3.63) is 53.9 Å². The number of phenols is 1. The maximum Gasteiger partial charge on any atom is 0.140 e. The molecule has 0 saturated heterocycles. The largest absolute Gasteiger partial charge is 0.508 e. The Morgan fingerprint density at radius 3 is 2.67 bits per heavy atom. The van der Waals surface area contributed by atoms with E-state index in [1.807, 2.05) is 25.4 Å². The Morgan fingerprint density at radius 1 is 1.21 bits per heavy atom. The highest BCUT2D eigenvalue weighted by atomic mass is 16.3. The molecule has 4 nitrogen and oxygen atoms in total. The van der Waals surface area contributed by atoms with Gasteiger partial charge in [0.05, 0.1) is 11.9 Å². The topological polar surface area (TPSA) is 50.1 Å². The third-order valence-corrected chi connectivity index (χ3v) is 5.10. The van der Waals surface area contributed by atoms with Gasteiger partial charge in [-0.2, -0.15) is 0 Å². The number of pyridine rings is 1. The van der Waals surface area contributed by atoms with Gasteiger partial charge in [-0.3, -0.25) is 0 Å². The van der Waals surface area contributed by atoms with Gasteiger partial charge in [0, 0.05) is 31.1 Å². The third kappa shape index (κ3) is 2.84. The Hall–Kier alpha value is -2.49. The number of hydrogen-bond donors (Lipinski definition) is 2. The standard InChI is InChI=1S/C20H23N3O/c1-21-17-10-16-11-18(9-14-5-7-19(24)8-6-14)23(20(16)22-12-17)13-15-3-2-4-15/h5-8,10-12,15,21,24H,2-4,9,13H2,1H3. The fraction of sp³-hybridized carbons (Fsp3) is 0.350. The third-order valence-electron chi connectivity index (χ3n) is 5.10. The van der Waals surface area contributed by atoms with Crippen LogP contribution in [0.1, 0.15) is 30.5 Å². The molecule has 4 rings (SSSR count). The Bertz CT molecular complexity index is 847. The van der Waals surface area contributed by atoms with Crippen LogP contribution >= 0.6 is 0 Å². The van der Waals surface area contributed by atoms with Crippen molar-refractivity contribution >= 4 is 16.7 Å². The summed E-state index contributed by atoms with van der Waals surface area (Å²) in [6.07, 6.45) is 6.77. The molecule has 0 atom stereocenters. The maximum absolute atomic E-state index is 9.49. The number of aromatic nitrogens is 2. The summed E-state index contributed by atoms with van der Waals surface area (Å²) in [6, 6.07) is 11.9. The first-order chi connectivity index (χ1) is 11.7. The molecule has 1 aliphatic carbocycles. The zero-order valence-corrected chi connectivity index (χ0v) is 14.0. The van der Waals surface area contributed by atoms with E-state index in [2.05, 4.69) is 22.0 Å². The van der Waals surface area contributed by atoms with E-state index in [4.69, 9.17) is 4.98 Å². The van der Waals surface area contributed by atoms with E-state index >= 15 is 0 Å². The quantitative estimate of drug-likeness (QED) is 0.741. The highest BCUT2D eigenvalue weighted by Gasteiger charge is 2.21. The number of hydrogen-bond acceptors (Lipinski definition) is 3. The lowest BCUT2D eigenvalue weighted by Crippen LogP contribution is -2.19. The second kappa shape index (κ2) is 6.19. The molecule has 1 aromatic carbocycles. The molecule has 1 saturated carbocycles. The van der Waals surface area contributed by atoms with Crippen LogP contribution < -0.4 is 5.32 Å². The highest BCUT2D eigenvalue weighted by Crippen LogP contribution is 2.31. The summed E-state index contributed by atoms with van der Waals surface area (Å²) in [5.74, 6) is 1.10. The molecule has 0 spiro atoms. The molecule has 124 valence electrons. The first-order valence-electron chi connectivity index (χ1n) is 8.67. The van der Waals surface area contributed by atoms with Crippen LogP contribution in [0.15, 0.2) is 42.6 Å². The van der Waals surface area contributed by atoms with Gasteiger partial charge >= 0.3 is 0 Å². The summed E-state index contributed by atoms with van der Waals surface area (Å²) in [5, 5.41) is 13.8. The zero-order valence-electron chi connectivity index (χ0n) is 14.0. The SMILES string of the molecule is CNc1cnc2c(c1)cc(Cc1ccc(O)cc1)n2CC1CCC1. The summed E-state index contributed by atoms with van der Waals surface area (Å²) in [6.45, 7) is 1.06. The van der Waals surface area contributed by atoms with Crippen molar-refractivity contribution in [3.63, 3.8) is 0 Å². The average Bonchev–Trinajstić information content (AvgIpc) is 2.89. The van der Waals surface area contributed by atoms with E-state index in [1.165, 1.54) is 35.9 Å². The van der Waals surface area contributed by atoms with Crippen molar-refractivity contribution in [2.24, 2.45) is 5.92 Å². The number of fused-ring (bicyclic) bond motifs is 1. The van der Waals surface area contributed by atoms with Gasteiger partial charge in [0.25, 0.3) is 0 Å². The minimum Gasteiger partial charge on any atom is -0.508 e. The van der Waals surface area contributed by atoms with Crippen LogP contribution in [-0.4, -0.2) is 21.7 Å². The normalized spacial score (nSPS) is 14.7. The Labute approximate surface area is 142 Å². The van der Waals surface area contributed by atoms with E-state index in [-0.39, 0.29) is 0 Å². The average molecular weight is 321 g/mol.